The van der Waals surface area contributed by atoms with E-state index >= 15 is 0 Å². The Labute approximate surface area is 57.4 Å². The first kappa shape index (κ1) is 8.70. The molecular formula is C8H16O. The zero-order valence-corrected chi connectivity index (χ0v) is 6.35. The van der Waals surface area contributed by atoms with Crippen LogP contribution in [0.5, 0.6) is 0 Å². The van der Waals surface area contributed by atoms with E-state index in [1.165, 1.54) is 12.8 Å². The van der Waals surface area contributed by atoms with Crippen molar-refractivity contribution in [1.29, 1.82) is 0 Å². The minimum atomic E-state index is 0.212. The van der Waals surface area contributed by atoms with Gasteiger partial charge in [0, 0.05) is 0 Å². The van der Waals surface area contributed by atoms with Gasteiger partial charge in [-0.2, -0.15) is 0 Å². The van der Waals surface area contributed by atoms with Crippen LogP contribution in [0.2, 0.25) is 0 Å². The summed E-state index contributed by atoms with van der Waals surface area (Å²) in [5.41, 5.74) is 1.09. The van der Waals surface area contributed by atoms with Crippen molar-refractivity contribution in [1.82, 2.24) is 0 Å². The average molecular weight is 128 g/mol. The summed E-state index contributed by atoms with van der Waals surface area (Å²) < 4.78 is 0. The van der Waals surface area contributed by atoms with Crippen LogP contribution < -0.4 is 0 Å². The van der Waals surface area contributed by atoms with Crippen LogP contribution in [0.3, 0.4) is 0 Å². The summed E-state index contributed by atoms with van der Waals surface area (Å²) >= 11 is 0. The zero-order chi connectivity index (χ0) is 7.11. The van der Waals surface area contributed by atoms with Gasteiger partial charge in [0.25, 0.3) is 0 Å². The Morgan fingerprint density at radius 3 is 2.67 bits per heavy atom. The minimum Gasteiger partial charge on any atom is -0.392 e. The molecule has 0 saturated carbocycles. The summed E-state index contributed by atoms with van der Waals surface area (Å²) in [6.45, 7) is 4.33. The van der Waals surface area contributed by atoms with Crippen LogP contribution in [0.25, 0.3) is 0 Å². The van der Waals surface area contributed by atoms with Crippen molar-refractivity contribution in [2.24, 2.45) is 0 Å². The smallest absolute Gasteiger partial charge is 0.0639 e. The molecule has 1 nitrogen and oxygen atoms in total. The van der Waals surface area contributed by atoms with Crippen molar-refractivity contribution < 1.29 is 5.11 Å². The highest BCUT2D eigenvalue weighted by Gasteiger charge is 1.83. The first-order chi connectivity index (χ1) is 4.31. The van der Waals surface area contributed by atoms with E-state index in [-0.39, 0.29) is 6.61 Å². The van der Waals surface area contributed by atoms with Gasteiger partial charge in [-0.3, -0.25) is 0 Å². The van der Waals surface area contributed by atoms with Crippen LogP contribution in [0, 0.1) is 0 Å². The molecule has 0 fully saturated rings. The van der Waals surface area contributed by atoms with Gasteiger partial charge in [-0.15, -0.1) is 0 Å². The molecule has 0 radical (unpaired) electrons. The van der Waals surface area contributed by atoms with Crippen molar-refractivity contribution in [3.05, 3.63) is 11.6 Å². The third-order valence-corrected chi connectivity index (χ3v) is 1.30. The Bertz CT molecular complexity index is 84.6. The molecule has 0 rings (SSSR count). The molecule has 0 bridgehead atoms. The van der Waals surface area contributed by atoms with Gasteiger partial charge < -0.3 is 5.11 Å². The van der Waals surface area contributed by atoms with Crippen molar-refractivity contribution in [3.8, 4) is 0 Å². The Hall–Kier alpha value is -0.300. The largest absolute Gasteiger partial charge is 0.392 e. The van der Waals surface area contributed by atoms with Gasteiger partial charge in [0.15, 0.2) is 0 Å². The number of aliphatic hydroxyl groups is 1. The van der Waals surface area contributed by atoms with Crippen LogP contribution in [0.4, 0.5) is 0 Å². The molecule has 54 valence electrons. The Morgan fingerprint density at radius 1 is 1.56 bits per heavy atom. The van der Waals surface area contributed by atoms with Crippen LogP contribution in [-0.4, -0.2) is 11.7 Å². The molecule has 0 aliphatic heterocycles. The molecule has 0 aliphatic rings. The minimum absolute atomic E-state index is 0.212. The van der Waals surface area contributed by atoms with E-state index in [0.717, 1.165) is 12.0 Å². The van der Waals surface area contributed by atoms with Gasteiger partial charge in [-0.1, -0.05) is 31.4 Å². The standard InChI is InChI=1S/C8H16O/c1-3-4-5-6-8(2)7-9/h6,9H,3-5,7H2,1-2H3. The van der Waals surface area contributed by atoms with Gasteiger partial charge in [0.2, 0.25) is 0 Å². The molecule has 0 aromatic rings. The van der Waals surface area contributed by atoms with E-state index < -0.39 is 0 Å². The number of allylic oxidation sites excluding steroid dienone is 1. The van der Waals surface area contributed by atoms with Crippen molar-refractivity contribution >= 4 is 0 Å². The Kier molecular flexibility index (Phi) is 5.64. The van der Waals surface area contributed by atoms with Crippen molar-refractivity contribution in [2.75, 3.05) is 6.61 Å². The summed E-state index contributed by atoms with van der Waals surface area (Å²) in [6.07, 6.45) is 5.68. The lowest BCUT2D eigenvalue weighted by Crippen LogP contribution is -1.82. The summed E-state index contributed by atoms with van der Waals surface area (Å²) in [4.78, 5) is 0. The third-order valence-electron chi connectivity index (χ3n) is 1.30. The molecule has 0 atom stereocenters. The van der Waals surface area contributed by atoms with Crippen molar-refractivity contribution in [2.45, 2.75) is 33.1 Å². The molecule has 0 heterocycles. The van der Waals surface area contributed by atoms with Crippen molar-refractivity contribution in [3.63, 3.8) is 0 Å². The second-order valence-electron chi connectivity index (χ2n) is 2.35. The SMILES string of the molecule is CCCCC=C(C)CO. The third kappa shape index (κ3) is 5.57. The number of hydrogen-bond donors (Lipinski definition) is 1. The summed E-state index contributed by atoms with van der Waals surface area (Å²) in [7, 11) is 0. The molecular weight excluding hydrogens is 112 g/mol. The average Bonchev–Trinajstić information content (AvgIpc) is 1.89. The molecule has 1 heteroatoms. The predicted octanol–water partition coefficient (Wildman–Crippen LogP) is 2.12. The highest BCUT2D eigenvalue weighted by Crippen LogP contribution is 1.99. The van der Waals surface area contributed by atoms with Gasteiger partial charge >= 0.3 is 0 Å². The number of aliphatic hydroxyl groups excluding tert-OH is 1. The molecule has 1 N–H and O–H groups in total. The summed E-state index contributed by atoms with van der Waals surface area (Å²) in [5.74, 6) is 0. The first-order valence-electron chi connectivity index (χ1n) is 3.57. The lowest BCUT2D eigenvalue weighted by molar-refractivity contribution is 0.331. The van der Waals surface area contributed by atoms with Gasteiger partial charge in [0.1, 0.15) is 0 Å². The Balaban J connectivity index is 3.21. The van der Waals surface area contributed by atoms with Gasteiger partial charge in [-0.05, 0) is 13.3 Å². The summed E-state index contributed by atoms with van der Waals surface area (Å²) in [5, 5.41) is 8.57. The van der Waals surface area contributed by atoms with E-state index in [4.69, 9.17) is 5.11 Å². The van der Waals surface area contributed by atoms with Gasteiger partial charge in [-0.25, -0.2) is 0 Å². The van der Waals surface area contributed by atoms with E-state index in [1.807, 2.05) is 6.92 Å². The molecule has 0 aromatic heterocycles. The molecule has 0 unspecified atom stereocenters. The van der Waals surface area contributed by atoms with E-state index in [2.05, 4.69) is 13.0 Å². The van der Waals surface area contributed by atoms with Crippen LogP contribution in [-0.2, 0) is 0 Å². The fourth-order valence-electron chi connectivity index (χ4n) is 0.617. The zero-order valence-electron chi connectivity index (χ0n) is 6.35. The topological polar surface area (TPSA) is 20.2 Å². The maximum atomic E-state index is 8.57. The first-order valence-corrected chi connectivity index (χ1v) is 3.57. The lowest BCUT2D eigenvalue weighted by Gasteiger charge is -1.92. The van der Waals surface area contributed by atoms with Crippen LogP contribution >= 0.6 is 0 Å². The maximum Gasteiger partial charge on any atom is 0.0639 e. The molecule has 0 spiro atoms. The fraction of sp³-hybridized carbons (Fsp3) is 0.750. The van der Waals surface area contributed by atoms with E-state index in [1.54, 1.807) is 0 Å². The highest BCUT2D eigenvalue weighted by molar-refractivity contribution is 4.96. The molecule has 0 aliphatic carbocycles. The molecule has 0 aromatic carbocycles. The van der Waals surface area contributed by atoms with Crippen LogP contribution in [0.1, 0.15) is 33.1 Å². The van der Waals surface area contributed by atoms with Crippen LogP contribution in [0.15, 0.2) is 11.6 Å². The highest BCUT2D eigenvalue weighted by atomic mass is 16.3. The number of unbranched alkanes of at least 4 members (excludes halogenated alkanes) is 2. The molecule has 0 amide bonds. The monoisotopic (exact) mass is 128 g/mol. The van der Waals surface area contributed by atoms with E-state index in [0.29, 0.717) is 0 Å². The second-order valence-corrected chi connectivity index (χ2v) is 2.35. The normalized spacial score (nSPS) is 12.1. The maximum absolute atomic E-state index is 8.57. The van der Waals surface area contributed by atoms with Gasteiger partial charge in [0.05, 0.1) is 6.61 Å². The molecule has 9 heavy (non-hydrogen) atoms. The number of hydrogen-bond acceptors (Lipinski definition) is 1. The molecule has 0 saturated heterocycles. The predicted molar refractivity (Wildman–Crippen MR) is 40.4 cm³/mol. The van der Waals surface area contributed by atoms with E-state index in [9.17, 15) is 0 Å². The fourth-order valence-corrected chi connectivity index (χ4v) is 0.617. The number of rotatable bonds is 4. The summed E-state index contributed by atoms with van der Waals surface area (Å²) in [6, 6.07) is 0. The second kappa shape index (κ2) is 5.83. The quantitative estimate of drug-likeness (QED) is 0.454. The lowest BCUT2D eigenvalue weighted by atomic mass is 10.2. The Morgan fingerprint density at radius 2 is 2.22 bits per heavy atom.